The lowest BCUT2D eigenvalue weighted by atomic mass is 9.43. The number of ether oxygens (including phenoxy) is 1. The van der Waals surface area contributed by atoms with Crippen LogP contribution in [0.4, 0.5) is 0 Å². The van der Waals surface area contributed by atoms with E-state index in [2.05, 4.69) is 34.6 Å². The number of esters is 1. The molecule has 4 heteroatoms. The van der Waals surface area contributed by atoms with Crippen molar-refractivity contribution in [3.05, 3.63) is 0 Å². The minimum atomic E-state index is -0.709. The second kappa shape index (κ2) is 9.45. The van der Waals surface area contributed by atoms with Gasteiger partial charge >= 0.3 is 5.97 Å². The summed E-state index contributed by atoms with van der Waals surface area (Å²) < 4.78 is 5.55. The summed E-state index contributed by atoms with van der Waals surface area (Å²) in [6.07, 6.45) is 9.97. The van der Waals surface area contributed by atoms with Gasteiger partial charge in [-0.2, -0.15) is 0 Å². The van der Waals surface area contributed by atoms with Gasteiger partial charge in [-0.15, -0.1) is 0 Å². The van der Waals surface area contributed by atoms with Gasteiger partial charge in [0.25, 0.3) is 0 Å². The van der Waals surface area contributed by atoms with Crippen molar-refractivity contribution in [2.24, 2.45) is 52.3 Å². The maximum atomic E-state index is 11.5. The predicted octanol–water partition coefficient (Wildman–Crippen LogP) is 5.98. The Morgan fingerprint density at radius 2 is 1.58 bits per heavy atom. The molecule has 33 heavy (non-hydrogen) atoms. The van der Waals surface area contributed by atoms with Crippen LogP contribution in [0.1, 0.15) is 106 Å². The van der Waals surface area contributed by atoms with Crippen molar-refractivity contribution in [3.63, 3.8) is 0 Å². The second-order valence-corrected chi connectivity index (χ2v) is 13.4. The summed E-state index contributed by atoms with van der Waals surface area (Å²) in [5.74, 6) is 3.23. The Morgan fingerprint density at radius 3 is 2.24 bits per heavy atom. The SMILES string of the molecule is CC(=O)OC1CC[C@@]2(C)C(C1)C(O)C(O)[C@H]1[C@@H]3CC[C@H]([C@H](C)CCCC(C)C)[C@@]3(C)CC[C@@H]12. The molecule has 4 nitrogen and oxygen atoms in total. The average molecular weight is 463 g/mol. The van der Waals surface area contributed by atoms with Gasteiger partial charge in [-0.1, -0.05) is 53.9 Å². The van der Waals surface area contributed by atoms with Crippen LogP contribution in [0.5, 0.6) is 0 Å². The molecule has 11 atom stereocenters. The minimum Gasteiger partial charge on any atom is -0.463 e. The molecule has 0 aromatic rings. The topological polar surface area (TPSA) is 66.8 Å². The zero-order valence-electron chi connectivity index (χ0n) is 22.1. The Hall–Kier alpha value is -0.610. The molecule has 0 radical (unpaired) electrons. The predicted molar refractivity (Wildman–Crippen MR) is 131 cm³/mol. The van der Waals surface area contributed by atoms with E-state index in [1.54, 1.807) is 0 Å². The van der Waals surface area contributed by atoms with Gasteiger partial charge < -0.3 is 14.9 Å². The second-order valence-electron chi connectivity index (χ2n) is 13.4. The highest BCUT2D eigenvalue weighted by Crippen LogP contribution is 2.68. The molecule has 0 spiro atoms. The quantitative estimate of drug-likeness (QED) is 0.476. The van der Waals surface area contributed by atoms with Gasteiger partial charge in [0.2, 0.25) is 0 Å². The maximum Gasteiger partial charge on any atom is 0.302 e. The van der Waals surface area contributed by atoms with Crippen LogP contribution in [-0.2, 0) is 9.53 Å². The molecule has 4 saturated carbocycles. The fraction of sp³-hybridized carbons (Fsp3) is 0.966. The van der Waals surface area contributed by atoms with E-state index in [0.717, 1.165) is 30.6 Å². The first-order valence-corrected chi connectivity index (χ1v) is 14.0. The number of fused-ring (bicyclic) bond motifs is 5. The summed E-state index contributed by atoms with van der Waals surface area (Å²) in [4.78, 5) is 11.5. The monoisotopic (exact) mass is 462 g/mol. The number of carbonyl (C=O) groups is 1. The molecule has 2 N–H and O–H groups in total. The first kappa shape index (κ1) is 25.5. The van der Waals surface area contributed by atoms with E-state index in [1.807, 2.05) is 0 Å². The normalized spacial score (nSPS) is 48.0. The van der Waals surface area contributed by atoms with Crippen LogP contribution in [0.3, 0.4) is 0 Å². The van der Waals surface area contributed by atoms with Gasteiger partial charge in [0.1, 0.15) is 6.10 Å². The van der Waals surface area contributed by atoms with Gasteiger partial charge in [-0.3, -0.25) is 4.79 Å². The summed E-state index contributed by atoms with van der Waals surface area (Å²) >= 11 is 0. The van der Waals surface area contributed by atoms with Crippen molar-refractivity contribution < 1.29 is 19.7 Å². The Morgan fingerprint density at radius 1 is 0.909 bits per heavy atom. The van der Waals surface area contributed by atoms with Gasteiger partial charge in [-0.05, 0) is 97.2 Å². The van der Waals surface area contributed by atoms with Crippen molar-refractivity contribution in [1.29, 1.82) is 0 Å². The Balaban J connectivity index is 1.52. The smallest absolute Gasteiger partial charge is 0.302 e. The highest BCUT2D eigenvalue weighted by molar-refractivity contribution is 5.66. The summed E-state index contributed by atoms with van der Waals surface area (Å²) in [6, 6.07) is 0. The molecule has 4 aliphatic rings. The lowest BCUT2D eigenvalue weighted by molar-refractivity contribution is -0.225. The van der Waals surface area contributed by atoms with Gasteiger partial charge in [0.15, 0.2) is 0 Å². The van der Waals surface area contributed by atoms with Crippen LogP contribution in [-0.4, -0.2) is 34.5 Å². The highest BCUT2D eigenvalue weighted by atomic mass is 16.5. The largest absolute Gasteiger partial charge is 0.463 e. The van der Waals surface area contributed by atoms with E-state index in [1.165, 1.54) is 51.9 Å². The Labute approximate surface area is 202 Å². The van der Waals surface area contributed by atoms with Crippen molar-refractivity contribution in [2.75, 3.05) is 0 Å². The van der Waals surface area contributed by atoms with E-state index < -0.39 is 12.2 Å². The molecule has 4 unspecified atom stereocenters. The molecule has 0 heterocycles. The first-order valence-electron chi connectivity index (χ1n) is 14.0. The summed E-state index contributed by atoms with van der Waals surface area (Å²) in [7, 11) is 0. The summed E-state index contributed by atoms with van der Waals surface area (Å²) in [5, 5.41) is 22.9. The van der Waals surface area contributed by atoms with Crippen LogP contribution >= 0.6 is 0 Å². The fourth-order valence-electron chi connectivity index (χ4n) is 9.59. The zero-order valence-corrected chi connectivity index (χ0v) is 22.1. The van der Waals surface area contributed by atoms with Crippen LogP contribution in [0, 0.1) is 52.3 Å². The van der Waals surface area contributed by atoms with Gasteiger partial charge in [0.05, 0.1) is 12.2 Å². The Bertz CT molecular complexity index is 706. The molecule has 0 bridgehead atoms. The molecule has 0 saturated heterocycles. The van der Waals surface area contributed by atoms with E-state index in [0.29, 0.717) is 18.3 Å². The molecule has 4 fully saturated rings. The molecular formula is C29H50O4. The van der Waals surface area contributed by atoms with Crippen LogP contribution in [0.2, 0.25) is 0 Å². The van der Waals surface area contributed by atoms with Crippen LogP contribution < -0.4 is 0 Å². The van der Waals surface area contributed by atoms with E-state index in [-0.39, 0.29) is 34.7 Å². The minimum absolute atomic E-state index is 0.0170. The molecule has 0 amide bonds. The van der Waals surface area contributed by atoms with Crippen molar-refractivity contribution in [3.8, 4) is 0 Å². The Kier molecular flexibility index (Phi) is 7.30. The third-order valence-electron chi connectivity index (χ3n) is 11.2. The highest BCUT2D eigenvalue weighted by Gasteiger charge is 2.65. The van der Waals surface area contributed by atoms with Gasteiger partial charge in [0, 0.05) is 6.92 Å². The molecule has 0 aliphatic heterocycles. The lowest BCUT2D eigenvalue weighted by Crippen LogP contribution is -2.64. The summed E-state index contributed by atoms with van der Waals surface area (Å²) in [5.41, 5.74) is 0.319. The van der Waals surface area contributed by atoms with Crippen LogP contribution in [0.25, 0.3) is 0 Å². The van der Waals surface area contributed by atoms with Gasteiger partial charge in [-0.25, -0.2) is 0 Å². The fourth-order valence-corrected chi connectivity index (χ4v) is 9.59. The van der Waals surface area contributed by atoms with Crippen molar-refractivity contribution in [1.82, 2.24) is 0 Å². The van der Waals surface area contributed by atoms with E-state index >= 15 is 0 Å². The number of carbonyl (C=O) groups excluding carboxylic acids is 1. The zero-order chi connectivity index (χ0) is 24.1. The van der Waals surface area contributed by atoms with E-state index in [4.69, 9.17) is 4.74 Å². The number of rotatable bonds is 6. The third kappa shape index (κ3) is 4.41. The maximum absolute atomic E-state index is 11.5. The standard InChI is InChI=1S/C29H50O4/c1-17(2)8-7-9-18(3)21-10-11-22-25-23(13-15-28(21,22)5)29(6)14-12-20(33-19(4)30)16-24(29)26(31)27(25)32/h17-18,20-27,31-32H,7-16H2,1-6H3/t18-,20?,21-,22+,23+,24?,25+,26?,27?,28-,29-/m1/s1. The number of aliphatic hydroxyl groups is 2. The van der Waals surface area contributed by atoms with E-state index in [9.17, 15) is 15.0 Å². The molecular weight excluding hydrogens is 412 g/mol. The number of hydrogen-bond acceptors (Lipinski definition) is 4. The summed E-state index contributed by atoms with van der Waals surface area (Å²) in [6.45, 7) is 13.5. The lowest BCUT2D eigenvalue weighted by Gasteiger charge is -2.63. The molecule has 0 aromatic carbocycles. The average Bonchev–Trinajstić information content (AvgIpc) is 3.09. The molecule has 4 aliphatic carbocycles. The number of hydrogen-bond donors (Lipinski definition) is 2. The molecule has 0 aromatic heterocycles. The first-order chi connectivity index (χ1) is 15.5. The molecule has 190 valence electrons. The van der Waals surface area contributed by atoms with Crippen molar-refractivity contribution in [2.45, 2.75) is 124 Å². The van der Waals surface area contributed by atoms with Crippen molar-refractivity contribution >= 4 is 5.97 Å². The third-order valence-corrected chi connectivity index (χ3v) is 11.2. The molecule has 4 rings (SSSR count). The number of aliphatic hydroxyl groups excluding tert-OH is 2. The van der Waals surface area contributed by atoms with Crippen LogP contribution in [0.15, 0.2) is 0 Å².